The zero-order chi connectivity index (χ0) is 23.6. The van der Waals surface area contributed by atoms with E-state index in [-0.39, 0.29) is 39.4 Å². The number of ether oxygens (including phenoxy) is 1. The highest BCUT2D eigenvalue weighted by Gasteiger charge is 2.31. The van der Waals surface area contributed by atoms with Gasteiger partial charge >= 0.3 is 12.1 Å². The fourth-order valence-corrected chi connectivity index (χ4v) is 4.25. The van der Waals surface area contributed by atoms with Gasteiger partial charge in [-0.1, -0.05) is 24.3 Å². The molecule has 1 unspecified atom stereocenters. The summed E-state index contributed by atoms with van der Waals surface area (Å²) in [5.74, 6) is -3.03. The number of halogens is 4. The Morgan fingerprint density at radius 2 is 1.94 bits per heavy atom. The molecule has 6 nitrogen and oxygen atoms in total. The maximum Gasteiger partial charge on any atom is 0.416 e. The third-order valence-corrected chi connectivity index (χ3v) is 5.68. The van der Waals surface area contributed by atoms with Crippen molar-refractivity contribution < 1.29 is 37.0 Å². The predicted octanol–water partition coefficient (Wildman–Crippen LogP) is 5.04. The number of aromatic nitrogens is 1. The largest absolute Gasteiger partial charge is 0.491 e. The second kappa shape index (κ2) is 9.11. The lowest BCUT2D eigenvalue weighted by molar-refractivity contribution is -0.141. The lowest BCUT2D eigenvalue weighted by Crippen LogP contribution is -2.27. The number of rotatable bonds is 6. The van der Waals surface area contributed by atoms with E-state index < -0.39 is 35.5 Å². The van der Waals surface area contributed by atoms with Gasteiger partial charge in [0, 0.05) is 5.56 Å². The second-order valence-corrected chi connectivity index (χ2v) is 7.65. The zero-order valence-electron chi connectivity index (χ0n) is 16.9. The highest BCUT2D eigenvalue weighted by molar-refractivity contribution is 7.16. The SMILES string of the molecule is CCOc1ccc2c(sc(=NC(=O)c3cccc(C(F)(F)F)c3)n2C(CC)C(=O)O)c1F. The molecule has 32 heavy (non-hydrogen) atoms. The summed E-state index contributed by atoms with van der Waals surface area (Å²) in [7, 11) is 0. The molecule has 1 aromatic heterocycles. The molecule has 0 aliphatic carbocycles. The van der Waals surface area contributed by atoms with Crippen LogP contribution in [0.3, 0.4) is 0 Å². The van der Waals surface area contributed by atoms with Gasteiger partial charge in [-0.05, 0) is 43.7 Å². The first-order valence-electron chi connectivity index (χ1n) is 9.53. The van der Waals surface area contributed by atoms with E-state index in [1.165, 1.54) is 22.8 Å². The molecule has 3 aromatic rings. The van der Waals surface area contributed by atoms with Gasteiger partial charge in [0.1, 0.15) is 6.04 Å². The lowest BCUT2D eigenvalue weighted by atomic mass is 10.1. The van der Waals surface area contributed by atoms with Crippen molar-refractivity contribution in [1.82, 2.24) is 4.57 Å². The van der Waals surface area contributed by atoms with E-state index in [4.69, 9.17) is 4.74 Å². The summed E-state index contributed by atoms with van der Waals surface area (Å²) >= 11 is 0.719. The van der Waals surface area contributed by atoms with Crippen molar-refractivity contribution in [2.24, 2.45) is 4.99 Å². The van der Waals surface area contributed by atoms with Crippen LogP contribution in [0, 0.1) is 5.82 Å². The maximum absolute atomic E-state index is 14.9. The van der Waals surface area contributed by atoms with Crippen LogP contribution in [0.5, 0.6) is 5.75 Å². The van der Waals surface area contributed by atoms with E-state index >= 15 is 0 Å². The van der Waals surface area contributed by atoms with Crippen LogP contribution >= 0.6 is 11.3 Å². The van der Waals surface area contributed by atoms with Gasteiger partial charge in [-0.3, -0.25) is 4.79 Å². The van der Waals surface area contributed by atoms with Gasteiger partial charge in [0.15, 0.2) is 16.4 Å². The van der Waals surface area contributed by atoms with E-state index in [0.29, 0.717) is 6.07 Å². The van der Waals surface area contributed by atoms with E-state index in [1.807, 2.05) is 0 Å². The van der Waals surface area contributed by atoms with Crippen molar-refractivity contribution in [3.05, 3.63) is 58.1 Å². The van der Waals surface area contributed by atoms with Gasteiger partial charge in [-0.2, -0.15) is 18.2 Å². The fraction of sp³-hybridized carbons (Fsp3) is 0.286. The minimum atomic E-state index is -4.65. The number of carbonyl (C=O) groups excluding carboxylic acids is 1. The quantitative estimate of drug-likeness (QED) is 0.512. The monoisotopic (exact) mass is 470 g/mol. The summed E-state index contributed by atoms with van der Waals surface area (Å²) in [6.07, 6.45) is -4.55. The number of amides is 1. The van der Waals surface area contributed by atoms with Crippen molar-refractivity contribution >= 4 is 33.4 Å². The molecule has 1 amide bonds. The molecule has 0 fully saturated rings. The highest BCUT2D eigenvalue weighted by atomic mass is 32.1. The number of aliphatic carboxylic acids is 1. The summed E-state index contributed by atoms with van der Waals surface area (Å²) in [6, 6.07) is 5.35. The van der Waals surface area contributed by atoms with Crippen LogP contribution in [-0.2, 0) is 11.0 Å². The normalized spacial score (nSPS) is 13.4. The van der Waals surface area contributed by atoms with Gasteiger partial charge in [0.2, 0.25) is 0 Å². The standard InChI is InChI=1S/C21H18F4N2O4S/c1-3-13(19(29)30)27-14-8-9-15(31-4-2)16(22)17(14)32-20(27)26-18(28)11-6-5-7-12(10-11)21(23,24)25/h5-10,13H,3-4H2,1-2H3,(H,29,30). The number of benzene rings is 2. The number of fused-ring (bicyclic) bond motifs is 1. The first-order chi connectivity index (χ1) is 15.1. The molecular formula is C21H18F4N2O4S. The number of carboxylic acid groups (broad SMARTS) is 1. The molecule has 1 atom stereocenters. The smallest absolute Gasteiger partial charge is 0.416 e. The molecule has 0 spiro atoms. The summed E-state index contributed by atoms with van der Waals surface area (Å²) in [4.78, 5) is 28.2. The first kappa shape index (κ1) is 23.5. The Morgan fingerprint density at radius 3 is 2.53 bits per heavy atom. The number of carboxylic acids is 1. The topological polar surface area (TPSA) is 80.9 Å². The number of hydrogen-bond acceptors (Lipinski definition) is 4. The highest BCUT2D eigenvalue weighted by Crippen LogP contribution is 2.32. The van der Waals surface area contributed by atoms with Crippen molar-refractivity contribution in [1.29, 1.82) is 0 Å². The summed E-state index contributed by atoms with van der Waals surface area (Å²) in [6.45, 7) is 3.47. The van der Waals surface area contributed by atoms with Crippen LogP contribution in [0.25, 0.3) is 10.2 Å². The molecule has 1 heterocycles. The molecule has 0 radical (unpaired) electrons. The van der Waals surface area contributed by atoms with Gasteiger partial charge in [0.25, 0.3) is 5.91 Å². The molecule has 170 valence electrons. The minimum Gasteiger partial charge on any atom is -0.491 e. The maximum atomic E-state index is 14.9. The van der Waals surface area contributed by atoms with Crippen molar-refractivity contribution in [3.63, 3.8) is 0 Å². The zero-order valence-corrected chi connectivity index (χ0v) is 17.8. The van der Waals surface area contributed by atoms with E-state index in [9.17, 15) is 32.3 Å². The molecular weight excluding hydrogens is 452 g/mol. The molecule has 2 aromatic carbocycles. The van der Waals surface area contributed by atoms with E-state index in [0.717, 1.165) is 23.5 Å². The Morgan fingerprint density at radius 1 is 1.22 bits per heavy atom. The summed E-state index contributed by atoms with van der Waals surface area (Å²) in [5.41, 5.74) is -1.17. The third-order valence-electron chi connectivity index (χ3n) is 4.62. The van der Waals surface area contributed by atoms with Crippen LogP contribution in [0.1, 0.15) is 42.2 Å². The Bertz CT molecular complexity index is 1250. The van der Waals surface area contributed by atoms with Crippen LogP contribution in [-0.4, -0.2) is 28.2 Å². The molecule has 3 rings (SSSR count). The minimum absolute atomic E-state index is 0.0197. The fourth-order valence-electron chi connectivity index (χ4n) is 3.15. The number of alkyl halides is 3. The van der Waals surface area contributed by atoms with Crippen LogP contribution in [0.4, 0.5) is 17.6 Å². The molecule has 0 aliphatic rings. The Hall–Kier alpha value is -3.21. The second-order valence-electron chi connectivity index (χ2n) is 6.67. The van der Waals surface area contributed by atoms with E-state index in [1.54, 1.807) is 13.8 Å². The average Bonchev–Trinajstić information content (AvgIpc) is 3.09. The summed E-state index contributed by atoms with van der Waals surface area (Å²) < 4.78 is 60.3. The Kier molecular flexibility index (Phi) is 6.68. The van der Waals surface area contributed by atoms with Gasteiger partial charge in [0.05, 0.1) is 22.4 Å². The third kappa shape index (κ3) is 4.52. The lowest BCUT2D eigenvalue weighted by Gasteiger charge is -2.14. The Balaban J connectivity index is 2.24. The summed E-state index contributed by atoms with van der Waals surface area (Å²) in [5, 5.41) is 9.63. The molecule has 11 heteroatoms. The Labute approximate surface area is 183 Å². The van der Waals surface area contributed by atoms with Crippen molar-refractivity contribution in [2.75, 3.05) is 6.61 Å². The van der Waals surface area contributed by atoms with Crippen LogP contribution < -0.4 is 9.54 Å². The van der Waals surface area contributed by atoms with Gasteiger partial charge in [-0.15, -0.1) is 0 Å². The van der Waals surface area contributed by atoms with Crippen LogP contribution in [0.15, 0.2) is 41.4 Å². The number of carbonyl (C=O) groups is 2. The average molecular weight is 470 g/mol. The number of nitrogens with zero attached hydrogens (tertiary/aromatic N) is 2. The van der Waals surface area contributed by atoms with Crippen molar-refractivity contribution in [3.8, 4) is 5.75 Å². The van der Waals surface area contributed by atoms with Gasteiger partial charge < -0.3 is 14.4 Å². The molecule has 0 bridgehead atoms. The van der Waals surface area contributed by atoms with Crippen molar-refractivity contribution in [2.45, 2.75) is 32.5 Å². The van der Waals surface area contributed by atoms with E-state index in [2.05, 4.69) is 4.99 Å². The first-order valence-corrected chi connectivity index (χ1v) is 10.4. The van der Waals surface area contributed by atoms with Crippen LogP contribution in [0.2, 0.25) is 0 Å². The molecule has 0 saturated heterocycles. The molecule has 1 N–H and O–H groups in total. The number of hydrogen-bond donors (Lipinski definition) is 1. The van der Waals surface area contributed by atoms with Gasteiger partial charge in [-0.25, -0.2) is 9.18 Å². The molecule has 0 saturated carbocycles. The number of thiazole rings is 1. The molecule has 0 aliphatic heterocycles. The predicted molar refractivity (Wildman–Crippen MR) is 109 cm³/mol.